The van der Waals surface area contributed by atoms with Crippen LogP contribution >= 0.6 is 15.9 Å². The highest BCUT2D eigenvalue weighted by molar-refractivity contribution is 9.10. The summed E-state index contributed by atoms with van der Waals surface area (Å²) in [6, 6.07) is 10.5. The lowest BCUT2D eigenvalue weighted by Gasteiger charge is -2.29. The first-order valence-corrected chi connectivity index (χ1v) is 10.00. The van der Waals surface area contributed by atoms with Crippen molar-refractivity contribution in [1.29, 1.82) is 0 Å². The second-order valence-electron chi connectivity index (χ2n) is 6.97. The molecule has 3 aromatic rings. The third kappa shape index (κ3) is 3.52. The van der Waals surface area contributed by atoms with Gasteiger partial charge >= 0.3 is 0 Å². The Hall–Kier alpha value is -3.33. The smallest absolute Gasteiger partial charge is 0.255 e. The molecule has 30 heavy (non-hydrogen) atoms. The highest BCUT2D eigenvalue weighted by Crippen LogP contribution is 2.42. The van der Waals surface area contributed by atoms with Gasteiger partial charge < -0.3 is 20.5 Å². The summed E-state index contributed by atoms with van der Waals surface area (Å²) in [4.78, 5) is 17.6. The zero-order chi connectivity index (χ0) is 21.4. The lowest BCUT2D eigenvalue weighted by atomic mass is 9.94. The van der Waals surface area contributed by atoms with Gasteiger partial charge in [-0.3, -0.25) is 4.79 Å². The van der Waals surface area contributed by atoms with Crippen molar-refractivity contribution in [2.45, 2.75) is 19.9 Å². The number of hydrogen-bond donors (Lipinski definition) is 3. The Labute approximate surface area is 181 Å². The Kier molecular flexibility index (Phi) is 5.21. The number of phenolic OH excluding ortho intramolecular Hbond substituents is 1. The van der Waals surface area contributed by atoms with E-state index in [1.807, 2.05) is 38.1 Å². The summed E-state index contributed by atoms with van der Waals surface area (Å²) in [5, 5.41) is 20.6. The van der Waals surface area contributed by atoms with Gasteiger partial charge in [0.25, 0.3) is 5.91 Å². The van der Waals surface area contributed by atoms with Crippen LogP contribution < -0.4 is 15.4 Å². The molecule has 154 valence electrons. The van der Waals surface area contributed by atoms with Crippen LogP contribution in [-0.2, 0) is 4.79 Å². The maximum Gasteiger partial charge on any atom is 0.255 e. The average molecular weight is 470 g/mol. The fraction of sp³-hybridized carbons (Fsp3) is 0.190. The van der Waals surface area contributed by atoms with Gasteiger partial charge in [0.15, 0.2) is 11.5 Å². The standard InChI is InChI=1S/C21H20BrN5O3/c1-11-5-4-6-14(7-11)26-20(29)17-12(2)25-21-23-10-24-27(21)18(17)13-8-15(22)19(28)16(9-13)30-3/h4-10,18,28H,1-3H3,(H,26,29)(H,23,24,25). The topological polar surface area (TPSA) is 101 Å². The molecule has 1 unspecified atom stereocenters. The van der Waals surface area contributed by atoms with E-state index in [2.05, 4.69) is 36.6 Å². The van der Waals surface area contributed by atoms with Gasteiger partial charge in [-0.1, -0.05) is 12.1 Å². The minimum atomic E-state index is -0.570. The molecule has 9 heteroatoms. The zero-order valence-corrected chi connectivity index (χ0v) is 18.2. The average Bonchev–Trinajstić information content (AvgIpc) is 3.16. The number of aryl methyl sites for hydroxylation is 1. The van der Waals surface area contributed by atoms with E-state index in [-0.39, 0.29) is 17.4 Å². The predicted molar refractivity (Wildman–Crippen MR) is 117 cm³/mol. The fourth-order valence-electron chi connectivity index (χ4n) is 3.52. The largest absolute Gasteiger partial charge is 0.503 e. The van der Waals surface area contributed by atoms with Gasteiger partial charge in [0, 0.05) is 11.4 Å². The summed E-state index contributed by atoms with van der Waals surface area (Å²) < 4.78 is 7.39. The first-order chi connectivity index (χ1) is 14.4. The summed E-state index contributed by atoms with van der Waals surface area (Å²) in [6.45, 7) is 3.79. The number of hydrogen-bond acceptors (Lipinski definition) is 6. The molecule has 0 bridgehead atoms. The van der Waals surface area contributed by atoms with Gasteiger partial charge in [0.2, 0.25) is 5.95 Å². The van der Waals surface area contributed by atoms with Gasteiger partial charge in [-0.2, -0.15) is 10.1 Å². The lowest BCUT2D eigenvalue weighted by Crippen LogP contribution is -2.31. The normalized spacial score (nSPS) is 15.4. The van der Waals surface area contributed by atoms with Crippen molar-refractivity contribution in [3.63, 3.8) is 0 Å². The van der Waals surface area contributed by atoms with Crippen LogP contribution in [0.5, 0.6) is 11.5 Å². The molecule has 2 aromatic carbocycles. The number of benzene rings is 2. The Balaban J connectivity index is 1.82. The number of aromatic hydroxyl groups is 1. The molecule has 2 heterocycles. The van der Waals surface area contributed by atoms with Crippen molar-refractivity contribution in [1.82, 2.24) is 14.8 Å². The van der Waals surface area contributed by atoms with Crippen LogP contribution in [-0.4, -0.2) is 32.9 Å². The highest BCUT2D eigenvalue weighted by atomic mass is 79.9. The highest BCUT2D eigenvalue weighted by Gasteiger charge is 2.34. The van der Waals surface area contributed by atoms with E-state index in [1.165, 1.54) is 13.4 Å². The Morgan fingerprint density at radius 3 is 2.83 bits per heavy atom. The molecule has 1 aliphatic rings. The number of phenols is 1. The van der Waals surface area contributed by atoms with Crippen molar-refractivity contribution in [3.05, 3.63) is 69.6 Å². The predicted octanol–water partition coefficient (Wildman–Crippen LogP) is 3.99. The minimum absolute atomic E-state index is 0.0135. The van der Waals surface area contributed by atoms with E-state index in [0.717, 1.165) is 5.56 Å². The van der Waals surface area contributed by atoms with E-state index >= 15 is 0 Å². The first kappa shape index (κ1) is 20.0. The van der Waals surface area contributed by atoms with E-state index in [9.17, 15) is 9.90 Å². The molecule has 3 N–H and O–H groups in total. The maximum atomic E-state index is 13.3. The molecular formula is C21H20BrN5O3. The molecule has 1 aromatic heterocycles. The van der Waals surface area contributed by atoms with Gasteiger partial charge in [0.05, 0.1) is 17.2 Å². The molecule has 1 amide bonds. The SMILES string of the molecule is COc1cc(C2C(C(=O)Nc3cccc(C)c3)=C(C)Nc3ncnn32)cc(Br)c1O. The van der Waals surface area contributed by atoms with Crippen LogP contribution in [0.2, 0.25) is 0 Å². The number of rotatable bonds is 4. The van der Waals surface area contributed by atoms with E-state index in [0.29, 0.717) is 32.9 Å². The van der Waals surface area contributed by atoms with Gasteiger partial charge in [-0.05, 0) is 65.2 Å². The Morgan fingerprint density at radius 2 is 2.10 bits per heavy atom. The van der Waals surface area contributed by atoms with Crippen LogP contribution in [0.15, 0.2) is 58.5 Å². The van der Waals surface area contributed by atoms with Crippen molar-refractivity contribution in [2.24, 2.45) is 0 Å². The quantitative estimate of drug-likeness (QED) is 0.533. The van der Waals surface area contributed by atoms with Crippen LogP contribution in [0.25, 0.3) is 0 Å². The number of carbonyl (C=O) groups excluding carboxylic acids is 1. The molecule has 0 radical (unpaired) electrons. The molecule has 4 rings (SSSR count). The third-order valence-electron chi connectivity index (χ3n) is 4.90. The van der Waals surface area contributed by atoms with Crippen LogP contribution in [0.3, 0.4) is 0 Å². The van der Waals surface area contributed by atoms with Crippen molar-refractivity contribution < 1.29 is 14.6 Å². The fourth-order valence-corrected chi connectivity index (χ4v) is 3.98. The van der Waals surface area contributed by atoms with Gasteiger partial charge in [-0.15, -0.1) is 0 Å². The van der Waals surface area contributed by atoms with Crippen LogP contribution in [0.4, 0.5) is 11.6 Å². The van der Waals surface area contributed by atoms with Crippen molar-refractivity contribution >= 4 is 33.5 Å². The number of anilines is 2. The van der Waals surface area contributed by atoms with Gasteiger partial charge in [0.1, 0.15) is 12.4 Å². The Bertz CT molecular complexity index is 1170. The molecule has 0 spiro atoms. The van der Waals surface area contributed by atoms with Crippen LogP contribution in [0, 0.1) is 6.92 Å². The van der Waals surface area contributed by atoms with Crippen molar-refractivity contribution in [2.75, 3.05) is 17.7 Å². The Morgan fingerprint density at radius 1 is 1.30 bits per heavy atom. The van der Waals surface area contributed by atoms with E-state index in [4.69, 9.17) is 4.74 Å². The number of aromatic nitrogens is 3. The monoisotopic (exact) mass is 469 g/mol. The number of amides is 1. The number of nitrogens with one attached hydrogen (secondary N) is 2. The van der Waals surface area contributed by atoms with Gasteiger partial charge in [-0.25, -0.2) is 4.68 Å². The second kappa shape index (κ2) is 7.83. The number of nitrogens with zero attached hydrogens (tertiary/aromatic N) is 3. The summed E-state index contributed by atoms with van der Waals surface area (Å²) >= 11 is 3.36. The number of halogens is 1. The number of carbonyl (C=O) groups is 1. The molecule has 0 aliphatic carbocycles. The zero-order valence-electron chi connectivity index (χ0n) is 16.6. The summed E-state index contributed by atoms with van der Waals surface area (Å²) in [6.07, 6.45) is 1.43. The molecule has 0 saturated carbocycles. The number of allylic oxidation sites excluding steroid dienone is 1. The lowest BCUT2D eigenvalue weighted by molar-refractivity contribution is -0.113. The van der Waals surface area contributed by atoms with Crippen molar-refractivity contribution in [3.8, 4) is 11.5 Å². The minimum Gasteiger partial charge on any atom is -0.503 e. The maximum absolute atomic E-state index is 13.3. The van der Waals surface area contributed by atoms with E-state index < -0.39 is 6.04 Å². The number of methoxy groups -OCH3 is 1. The summed E-state index contributed by atoms with van der Waals surface area (Å²) in [7, 11) is 1.47. The van der Waals surface area contributed by atoms with Crippen LogP contribution in [0.1, 0.15) is 24.1 Å². The van der Waals surface area contributed by atoms with E-state index in [1.54, 1.807) is 16.8 Å². The number of fused-ring (bicyclic) bond motifs is 1. The summed E-state index contributed by atoms with van der Waals surface area (Å²) in [5.41, 5.74) is 3.59. The third-order valence-corrected chi connectivity index (χ3v) is 5.51. The number of ether oxygens (including phenoxy) is 1. The molecular weight excluding hydrogens is 450 g/mol. The second-order valence-corrected chi connectivity index (χ2v) is 7.83. The first-order valence-electron chi connectivity index (χ1n) is 9.20. The summed E-state index contributed by atoms with van der Waals surface area (Å²) in [5.74, 6) is 0.531. The molecule has 1 aliphatic heterocycles. The molecule has 0 saturated heterocycles. The molecule has 0 fully saturated rings. The molecule has 1 atom stereocenters. The molecule has 8 nitrogen and oxygen atoms in total.